The summed E-state index contributed by atoms with van der Waals surface area (Å²) in [6.45, 7) is 1.26. The minimum absolute atomic E-state index is 0. The molecule has 27 heavy (non-hydrogen) atoms. The van der Waals surface area contributed by atoms with E-state index in [1.165, 1.54) is 0 Å². The lowest BCUT2D eigenvalue weighted by molar-refractivity contribution is -0.132. The molecule has 1 aliphatic heterocycles. The lowest BCUT2D eigenvalue weighted by Gasteiger charge is -2.31. The van der Waals surface area contributed by atoms with Crippen molar-refractivity contribution in [3.63, 3.8) is 0 Å². The minimum Gasteiger partial charge on any atom is -0.399 e. The van der Waals surface area contributed by atoms with Crippen LogP contribution in [0.1, 0.15) is 35.2 Å². The molecule has 144 valence electrons. The number of para-hydroxylation sites is 1. The van der Waals surface area contributed by atoms with E-state index in [2.05, 4.69) is 0 Å². The van der Waals surface area contributed by atoms with Gasteiger partial charge in [0.15, 0.2) is 5.78 Å². The fourth-order valence-electron chi connectivity index (χ4n) is 3.40. The number of nitrogen functional groups attached to an aromatic ring is 1. The van der Waals surface area contributed by atoms with Crippen LogP contribution in [0, 0.1) is 5.92 Å². The number of nitrogens with two attached hydrogens (primary N) is 1. The van der Waals surface area contributed by atoms with E-state index in [4.69, 9.17) is 17.3 Å². The predicted octanol–water partition coefficient (Wildman–Crippen LogP) is 4.40. The van der Waals surface area contributed by atoms with Crippen LogP contribution in [0.25, 0.3) is 0 Å². The number of ketones is 1. The van der Waals surface area contributed by atoms with Crippen molar-refractivity contribution < 1.29 is 9.59 Å². The SMILES string of the molecule is Cl.Nc1ccccc1CCC(=O)N1CCC(C(=O)c2ccc(Cl)cc2)CC1. The highest BCUT2D eigenvalue weighted by molar-refractivity contribution is 6.30. The molecule has 0 unspecified atom stereocenters. The van der Waals surface area contributed by atoms with Crippen molar-refractivity contribution in [2.45, 2.75) is 25.7 Å². The van der Waals surface area contributed by atoms with Gasteiger partial charge in [0, 0.05) is 41.7 Å². The molecule has 0 saturated carbocycles. The first-order chi connectivity index (χ1) is 12.5. The van der Waals surface area contributed by atoms with Gasteiger partial charge in [0.1, 0.15) is 0 Å². The van der Waals surface area contributed by atoms with Crippen molar-refractivity contribution in [2.75, 3.05) is 18.8 Å². The highest BCUT2D eigenvalue weighted by Gasteiger charge is 2.27. The van der Waals surface area contributed by atoms with Crippen LogP contribution in [0.15, 0.2) is 48.5 Å². The summed E-state index contributed by atoms with van der Waals surface area (Å²) in [5, 5.41) is 0.626. The Balaban J connectivity index is 0.00000261. The smallest absolute Gasteiger partial charge is 0.222 e. The zero-order chi connectivity index (χ0) is 18.5. The van der Waals surface area contributed by atoms with Gasteiger partial charge in [0.2, 0.25) is 5.91 Å². The Labute approximate surface area is 171 Å². The Bertz CT molecular complexity index is 785. The lowest BCUT2D eigenvalue weighted by atomic mass is 9.88. The Morgan fingerprint density at radius 3 is 2.30 bits per heavy atom. The Hall–Kier alpha value is -2.04. The number of Topliss-reactive ketones (excluding diaryl/α,β-unsaturated/α-hetero) is 1. The maximum absolute atomic E-state index is 12.6. The number of amides is 1. The quantitative estimate of drug-likeness (QED) is 0.590. The number of halogens is 2. The lowest BCUT2D eigenvalue weighted by Crippen LogP contribution is -2.40. The number of aryl methyl sites for hydroxylation is 1. The van der Waals surface area contributed by atoms with E-state index in [0.717, 1.165) is 11.3 Å². The molecule has 4 nitrogen and oxygen atoms in total. The fourth-order valence-corrected chi connectivity index (χ4v) is 3.53. The highest BCUT2D eigenvalue weighted by Crippen LogP contribution is 2.23. The molecule has 0 atom stereocenters. The third-order valence-electron chi connectivity index (χ3n) is 5.01. The van der Waals surface area contributed by atoms with Gasteiger partial charge in [-0.1, -0.05) is 29.8 Å². The second-order valence-electron chi connectivity index (χ2n) is 6.73. The Morgan fingerprint density at radius 2 is 1.67 bits per heavy atom. The van der Waals surface area contributed by atoms with Gasteiger partial charge in [-0.2, -0.15) is 0 Å². The molecule has 1 fully saturated rings. The number of nitrogens with zero attached hydrogens (tertiary/aromatic N) is 1. The summed E-state index contributed by atoms with van der Waals surface area (Å²) in [5.41, 5.74) is 8.36. The van der Waals surface area contributed by atoms with Crippen LogP contribution in [0.3, 0.4) is 0 Å². The van der Waals surface area contributed by atoms with Crippen LogP contribution in [0.2, 0.25) is 5.02 Å². The summed E-state index contributed by atoms with van der Waals surface area (Å²) in [4.78, 5) is 26.9. The van der Waals surface area contributed by atoms with E-state index in [-0.39, 0.29) is 30.0 Å². The maximum Gasteiger partial charge on any atom is 0.222 e. The van der Waals surface area contributed by atoms with Crippen molar-refractivity contribution in [2.24, 2.45) is 5.92 Å². The fraction of sp³-hybridized carbons (Fsp3) is 0.333. The van der Waals surface area contributed by atoms with Crippen molar-refractivity contribution in [1.82, 2.24) is 4.90 Å². The number of carbonyl (C=O) groups excluding carboxylic acids is 2. The van der Waals surface area contributed by atoms with E-state index in [0.29, 0.717) is 49.4 Å². The van der Waals surface area contributed by atoms with Gasteiger partial charge in [-0.05, 0) is 55.2 Å². The predicted molar refractivity (Wildman–Crippen MR) is 112 cm³/mol. The molecule has 1 heterocycles. The number of rotatable bonds is 5. The Morgan fingerprint density at radius 1 is 1.04 bits per heavy atom. The monoisotopic (exact) mass is 406 g/mol. The number of likely N-dealkylation sites (tertiary alicyclic amines) is 1. The maximum atomic E-state index is 12.6. The molecule has 2 aromatic carbocycles. The Kier molecular flexibility index (Phi) is 7.69. The molecule has 1 saturated heterocycles. The molecule has 0 spiro atoms. The van der Waals surface area contributed by atoms with E-state index in [9.17, 15) is 9.59 Å². The number of hydrogen-bond donors (Lipinski definition) is 1. The summed E-state index contributed by atoms with van der Waals surface area (Å²) in [7, 11) is 0. The third-order valence-corrected chi connectivity index (χ3v) is 5.26. The number of anilines is 1. The molecule has 0 aromatic heterocycles. The molecule has 2 N–H and O–H groups in total. The van der Waals surface area contributed by atoms with E-state index >= 15 is 0 Å². The van der Waals surface area contributed by atoms with Crippen LogP contribution >= 0.6 is 24.0 Å². The summed E-state index contributed by atoms with van der Waals surface area (Å²) >= 11 is 5.88. The van der Waals surface area contributed by atoms with Crippen molar-refractivity contribution >= 4 is 41.4 Å². The average Bonchev–Trinajstić information content (AvgIpc) is 2.67. The molecule has 2 aromatic rings. The molecular formula is C21H24Cl2N2O2. The number of piperidine rings is 1. The van der Waals surface area contributed by atoms with Crippen molar-refractivity contribution in [3.05, 3.63) is 64.7 Å². The summed E-state index contributed by atoms with van der Waals surface area (Å²) in [6.07, 6.45) is 2.51. The molecule has 3 rings (SSSR count). The zero-order valence-electron chi connectivity index (χ0n) is 15.1. The van der Waals surface area contributed by atoms with Crippen LogP contribution in [-0.4, -0.2) is 29.7 Å². The number of carbonyl (C=O) groups is 2. The first-order valence-electron chi connectivity index (χ1n) is 8.95. The molecule has 1 amide bonds. The second kappa shape index (κ2) is 9.77. The van der Waals surface area contributed by atoms with Gasteiger partial charge in [-0.25, -0.2) is 0 Å². The zero-order valence-corrected chi connectivity index (χ0v) is 16.6. The van der Waals surface area contributed by atoms with Crippen LogP contribution in [0.4, 0.5) is 5.69 Å². The first-order valence-corrected chi connectivity index (χ1v) is 9.33. The topological polar surface area (TPSA) is 63.4 Å². The highest BCUT2D eigenvalue weighted by atomic mass is 35.5. The molecule has 1 aliphatic rings. The standard InChI is InChI=1S/C21H23ClN2O2.ClH/c22-18-8-5-16(6-9-18)21(26)17-11-13-24(14-12-17)20(25)10-7-15-3-1-2-4-19(15)23;/h1-6,8-9,17H,7,10-14,23H2;1H. The van der Waals surface area contributed by atoms with Crippen LogP contribution in [-0.2, 0) is 11.2 Å². The van der Waals surface area contributed by atoms with E-state index < -0.39 is 0 Å². The van der Waals surface area contributed by atoms with Gasteiger partial charge in [-0.15, -0.1) is 12.4 Å². The van der Waals surface area contributed by atoms with Crippen LogP contribution in [0.5, 0.6) is 0 Å². The molecule has 0 bridgehead atoms. The van der Waals surface area contributed by atoms with Gasteiger partial charge >= 0.3 is 0 Å². The van der Waals surface area contributed by atoms with Gasteiger partial charge in [0.25, 0.3) is 0 Å². The van der Waals surface area contributed by atoms with Gasteiger partial charge in [0.05, 0.1) is 0 Å². The van der Waals surface area contributed by atoms with E-state index in [1.807, 2.05) is 29.2 Å². The molecule has 0 aliphatic carbocycles. The van der Waals surface area contributed by atoms with Gasteiger partial charge in [-0.3, -0.25) is 9.59 Å². The normalized spacial score (nSPS) is 14.5. The summed E-state index contributed by atoms with van der Waals surface area (Å²) in [5.74, 6) is 0.251. The van der Waals surface area contributed by atoms with Crippen molar-refractivity contribution in [3.8, 4) is 0 Å². The van der Waals surface area contributed by atoms with E-state index in [1.54, 1.807) is 24.3 Å². The molecule has 6 heteroatoms. The first kappa shape index (κ1) is 21.3. The molecule has 0 radical (unpaired) electrons. The molecular weight excluding hydrogens is 383 g/mol. The minimum atomic E-state index is -0.0232. The average molecular weight is 407 g/mol. The van der Waals surface area contributed by atoms with Crippen LogP contribution < -0.4 is 5.73 Å². The third kappa shape index (κ3) is 5.47. The summed E-state index contributed by atoms with van der Waals surface area (Å²) < 4.78 is 0. The number of benzene rings is 2. The summed E-state index contributed by atoms with van der Waals surface area (Å²) in [6, 6.07) is 14.7. The number of hydrogen-bond acceptors (Lipinski definition) is 3. The van der Waals surface area contributed by atoms with Gasteiger partial charge < -0.3 is 10.6 Å². The van der Waals surface area contributed by atoms with Crippen molar-refractivity contribution in [1.29, 1.82) is 0 Å². The largest absolute Gasteiger partial charge is 0.399 e. The second-order valence-corrected chi connectivity index (χ2v) is 7.16.